The molecule has 1 aliphatic rings. The first-order valence-electron chi connectivity index (χ1n) is 8.69. The molecule has 3 heterocycles. The average molecular weight is 371 g/mol. The number of aryl methyl sites for hydroxylation is 2. The van der Waals surface area contributed by atoms with Gasteiger partial charge in [-0.2, -0.15) is 0 Å². The maximum atomic E-state index is 12.5. The Kier molecular flexibility index (Phi) is 4.32. The van der Waals surface area contributed by atoms with E-state index in [2.05, 4.69) is 15.3 Å². The number of H-pyrrole nitrogens is 1. The summed E-state index contributed by atoms with van der Waals surface area (Å²) in [6, 6.07) is 5.62. The molecule has 3 aromatic rings. The van der Waals surface area contributed by atoms with E-state index < -0.39 is 0 Å². The van der Waals surface area contributed by atoms with Crippen LogP contribution >= 0.6 is 11.3 Å². The molecule has 1 atom stereocenters. The molecule has 136 valence electrons. The highest BCUT2D eigenvalue weighted by atomic mass is 32.1. The van der Waals surface area contributed by atoms with Crippen LogP contribution in [0.4, 0.5) is 5.69 Å². The smallest absolute Gasteiger partial charge is 0.259 e. The predicted octanol–water partition coefficient (Wildman–Crippen LogP) is 3.94. The van der Waals surface area contributed by atoms with E-state index in [9.17, 15) is 4.79 Å². The summed E-state index contributed by atoms with van der Waals surface area (Å²) in [4.78, 5) is 22.0. The minimum atomic E-state index is -0.153. The maximum Gasteiger partial charge on any atom is 0.259 e. The van der Waals surface area contributed by atoms with Crippen LogP contribution in [0.5, 0.6) is 11.5 Å². The van der Waals surface area contributed by atoms with Crippen LogP contribution in [0.25, 0.3) is 10.2 Å². The van der Waals surface area contributed by atoms with Gasteiger partial charge in [-0.15, -0.1) is 11.3 Å². The molecule has 0 saturated carbocycles. The van der Waals surface area contributed by atoms with E-state index in [1.54, 1.807) is 11.3 Å². The van der Waals surface area contributed by atoms with Crippen molar-refractivity contribution in [2.45, 2.75) is 33.2 Å². The number of hydrogen-bond donors (Lipinski definition) is 2. The van der Waals surface area contributed by atoms with E-state index in [-0.39, 0.29) is 11.6 Å². The second-order valence-electron chi connectivity index (χ2n) is 6.49. The van der Waals surface area contributed by atoms with E-state index in [1.165, 1.54) is 0 Å². The lowest BCUT2D eigenvalue weighted by molar-refractivity contribution is 0.297. The number of fused-ring (bicyclic) bond motifs is 2. The molecule has 0 spiro atoms. The van der Waals surface area contributed by atoms with Gasteiger partial charge in [-0.05, 0) is 38.5 Å². The molecule has 26 heavy (non-hydrogen) atoms. The monoisotopic (exact) mass is 371 g/mol. The molecular weight excluding hydrogens is 350 g/mol. The van der Waals surface area contributed by atoms with E-state index in [0.29, 0.717) is 24.4 Å². The molecule has 6 nitrogen and oxygen atoms in total. The van der Waals surface area contributed by atoms with Crippen molar-refractivity contribution in [3.63, 3.8) is 0 Å². The zero-order valence-electron chi connectivity index (χ0n) is 15.0. The molecule has 1 aromatic carbocycles. The molecule has 2 aromatic heterocycles. The topological polar surface area (TPSA) is 76.2 Å². The number of hydrogen-bond acceptors (Lipinski definition) is 6. The van der Waals surface area contributed by atoms with Crippen LogP contribution < -0.4 is 20.3 Å². The van der Waals surface area contributed by atoms with Crippen molar-refractivity contribution in [2.75, 3.05) is 18.5 Å². The summed E-state index contributed by atoms with van der Waals surface area (Å²) in [5.74, 6) is 2.12. The fourth-order valence-electron chi connectivity index (χ4n) is 3.05. The zero-order chi connectivity index (χ0) is 18.3. The number of ether oxygens (including phenoxy) is 2. The van der Waals surface area contributed by atoms with Crippen molar-refractivity contribution in [1.29, 1.82) is 0 Å². The van der Waals surface area contributed by atoms with Gasteiger partial charge < -0.3 is 19.8 Å². The van der Waals surface area contributed by atoms with Gasteiger partial charge in [0.15, 0.2) is 11.5 Å². The van der Waals surface area contributed by atoms with Gasteiger partial charge in [0.25, 0.3) is 5.56 Å². The molecular formula is C19H21N3O3S. The number of nitrogens with one attached hydrogen (secondary N) is 2. The summed E-state index contributed by atoms with van der Waals surface area (Å²) in [5, 5.41) is 4.07. The summed E-state index contributed by atoms with van der Waals surface area (Å²) in [5.41, 5.74) is 1.82. The lowest BCUT2D eigenvalue weighted by atomic mass is 10.2. The van der Waals surface area contributed by atoms with E-state index in [0.717, 1.165) is 38.9 Å². The predicted molar refractivity (Wildman–Crippen MR) is 104 cm³/mol. The minimum absolute atomic E-state index is 0.0841. The van der Waals surface area contributed by atoms with Gasteiger partial charge in [0, 0.05) is 23.1 Å². The standard InChI is InChI=1S/C19H21N3O3S/c1-10-12(3)26-19-16(10)18(23)21-17(22-19)11(2)20-13-5-6-14-15(9-13)25-8-4-7-24-14/h5-6,9,11,20H,4,7-8H2,1-3H3,(H,21,22,23)/t11-/m1/s1. The van der Waals surface area contributed by atoms with Crippen molar-refractivity contribution in [2.24, 2.45) is 0 Å². The van der Waals surface area contributed by atoms with Crippen LogP contribution in [-0.4, -0.2) is 23.2 Å². The highest BCUT2D eigenvalue weighted by Gasteiger charge is 2.16. The molecule has 0 bridgehead atoms. The Morgan fingerprint density at radius 3 is 2.81 bits per heavy atom. The maximum absolute atomic E-state index is 12.5. The molecule has 0 fully saturated rings. The summed E-state index contributed by atoms with van der Waals surface area (Å²) < 4.78 is 11.4. The number of anilines is 1. The molecule has 0 saturated heterocycles. The number of benzene rings is 1. The Labute approximate surface area is 155 Å². The van der Waals surface area contributed by atoms with Crippen LogP contribution in [-0.2, 0) is 0 Å². The van der Waals surface area contributed by atoms with Crippen molar-refractivity contribution in [1.82, 2.24) is 9.97 Å². The number of nitrogens with zero attached hydrogens (tertiary/aromatic N) is 1. The Balaban J connectivity index is 1.62. The van der Waals surface area contributed by atoms with E-state index in [1.807, 2.05) is 39.0 Å². The summed E-state index contributed by atoms with van der Waals surface area (Å²) in [6.07, 6.45) is 0.874. The van der Waals surface area contributed by atoms with Crippen LogP contribution in [0, 0.1) is 13.8 Å². The largest absolute Gasteiger partial charge is 0.490 e. The normalized spacial score (nSPS) is 14.9. The first kappa shape index (κ1) is 16.9. The summed E-state index contributed by atoms with van der Waals surface area (Å²) in [7, 11) is 0. The van der Waals surface area contributed by atoms with Gasteiger partial charge in [-0.1, -0.05) is 0 Å². The zero-order valence-corrected chi connectivity index (χ0v) is 15.8. The molecule has 7 heteroatoms. The number of rotatable bonds is 3. The van der Waals surface area contributed by atoms with Gasteiger partial charge in [0.05, 0.1) is 24.6 Å². The average Bonchev–Trinajstić information content (AvgIpc) is 2.78. The van der Waals surface area contributed by atoms with Gasteiger partial charge in [-0.25, -0.2) is 4.98 Å². The molecule has 0 aliphatic carbocycles. The Hall–Kier alpha value is -2.54. The molecule has 0 amide bonds. The number of aromatic amines is 1. The van der Waals surface area contributed by atoms with Gasteiger partial charge in [0.2, 0.25) is 0 Å². The lowest BCUT2D eigenvalue weighted by Crippen LogP contribution is -2.17. The van der Waals surface area contributed by atoms with E-state index >= 15 is 0 Å². The number of thiophene rings is 1. The Bertz CT molecular complexity index is 1020. The highest BCUT2D eigenvalue weighted by molar-refractivity contribution is 7.18. The fourth-order valence-corrected chi connectivity index (χ4v) is 4.08. The summed E-state index contributed by atoms with van der Waals surface area (Å²) >= 11 is 1.56. The van der Waals surface area contributed by atoms with Crippen molar-refractivity contribution in [3.05, 3.63) is 44.8 Å². The minimum Gasteiger partial charge on any atom is -0.490 e. The van der Waals surface area contributed by atoms with Crippen molar-refractivity contribution in [3.8, 4) is 11.5 Å². The van der Waals surface area contributed by atoms with Gasteiger partial charge in [-0.3, -0.25) is 4.79 Å². The van der Waals surface area contributed by atoms with Crippen LogP contribution in [0.15, 0.2) is 23.0 Å². The third-order valence-electron chi connectivity index (χ3n) is 4.60. The molecule has 1 aliphatic heterocycles. The van der Waals surface area contributed by atoms with Crippen molar-refractivity contribution < 1.29 is 9.47 Å². The first-order chi connectivity index (χ1) is 12.5. The first-order valence-corrected chi connectivity index (χ1v) is 9.50. The molecule has 4 rings (SSSR count). The third kappa shape index (κ3) is 3.03. The van der Waals surface area contributed by atoms with Gasteiger partial charge in [0.1, 0.15) is 10.7 Å². The van der Waals surface area contributed by atoms with E-state index in [4.69, 9.17) is 9.47 Å². The van der Waals surface area contributed by atoms with Crippen LogP contribution in [0.3, 0.4) is 0 Å². The number of aromatic nitrogens is 2. The molecule has 2 N–H and O–H groups in total. The fraction of sp³-hybridized carbons (Fsp3) is 0.368. The van der Waals surface area contributed by atoms with Gasteiger partial charge >= 0.3 is 0 Å². The SMILES string of the molecule is Cc1sc2nc([C@@H](C)Nc3ccc4c(c3)OCCCO4)[nH]c(=O)c2c1C. The summed E-state index contributed by atoms with van der Waals surface area (Å²) in [6.45, 7) is 7.26. The Morgan fingerprint density at radius 1 is 1.23 bits per heavy atom. The third-order valence-corrected chi connectivity index (χ3v) is 5.70. The Morgan fingerprint density at radius 2 is 2.00 bits per heavy atom. The second-order valence-corrected chi connectivity index (χ2v) is 7.70. The highest BCUT2D eigenvalue weighted by Crippen LogP contribution is 2.33. The van der Waals surface area contributed by atoms with Crippen molar-refractivity contribution >= 4 is 27.2 Å². The van der Waals surface area contributed by atoms with Crippen LogP contribution in [0.2, 0.25) is 0 Å². The van der Waals surface area contributed by atoms with Crippen LogP contribution in [0.1, 0.15) is 35.7 Å². The quantitative estimate of drug-likeness (QED) is 0.729. The molecule has 0 radical (unpaired) electrons. The lowest BCUT2D eigenvalue weighted by Gasteiger charge is -2.16. The second kappa shape index (κ2) is 6.64. The molecule has 0 unspecified atom stereocenters.